The predicted octanol–water partition coefficient (Wildman–Crippen LogP) is 0.173. The highest BCUT2D eigenvalue weighted by molar-refractivity contribution is 5.91. The van der Waals surface area contributed by atoms with Crippen LogP contribution in [0.5, 0.6) is 5.75 Å². The first-order valence-electron chi connectivity index (χ1n) is 6.82. The molecule has 2 amide bonds. The summed E-state index contributed by atoms with van der Waals surface area (Å²) in [6.07, 6.45) is -4.76. The molecule has 1 aromatic carbocycles. The summed E-state index contributed by atoms with van der Waals surface area (Å²) in [6.45, 7) is 1.72. The molecule has 1 unspecified atom stereocenters. The van der Waals surface area contributed by atoms with Gasteiger partial charge in [-0.15, -0.1) is 13.2 Å². The molecule has 1 aromatic rings. The SMILES string of the molecule is CNC(=O)[C@@H](C)[NH+](C)CC(=O)Nc1ccc(OC(F)(F)F)cc1. The summed E-state index contributed by atoms with van der Waals surface area (Å²) in [7, 11) is 3.20. The number of halogens is 3. The molecule has 6 nitrogen and oxygen atoms in total. The third kappa shape index (κ3) is 6.55. The van der Waals surface area contributed by atoms with Crippen molar-refractivity contribution in [1.29, 1.82) is 0 Å². The molecule has 9 heteroatoms. The number of hydrogen-bond acceptors (Lipinski definition) is 3. The molecule has 23 heavy (non-hydrogen) atoms. The van der Waals surface area contributed by atoms with Crippen LogP contribution in [0.4, 0.5) is 18.9 Å². The van der Waals surface area contributed by atoms with Crippen LogP contribution in [0.1, 0.15) is 6.92 Å². The van der Waals surface area contributed by atoms with Crippen molar-refractivity contribution < 1.29 is 32.4 Å². The normalized spacial score (nSPS) is 13.8. The fourth-order valence-corrected chi connectivity index (χ4v) is 1.79. The van der Waals surface area contributed by atoms with E-state index in [0.29, 0.717) is 10.6 Å². The molecule has 128 valence electrons. The molecular formula is C14H19F3N3O3+. The molecule has 0 aliphatic rings. The van der Waals surface area contributed by atoms with Crippen molar-refractivity contribution in [1.82, 2.24) is 5.32 Å². The molecule has 0 saturated carbocycles. The zero-order valence-electron chi connectivity index (χ0n) is 13.0. The van der Waals surface area contributed by atoms with Crippen molar-refractivity contribution in [3.63, 3.8) is 0 Å². The van der Waals surface area contributed by atoms with Crippen LogP contribution in [0.15, 0.2) is 24.3 Å². The van der Waals surface area contributed by atoms with E-state index in [2.05, 4.69) is 15.4 Å². The zero-order valence-corrected chi connectivity index (χ0v) is 13.0. The molecule has 1 rings (SSSR count). The van der Waals surface area contributed by atoms with Gasteiger partial charge < -0.3 is 20.3 Å². The van der Waals surface area contributed by atoms with Crippen LogP contribution in [0.2, 0.25) is 0 Å². The van der Waals surface area contributed by atoms with E-state index in [0.717, 1.165) is 12.1 Å². The number of benzene rings is 1. The van der Waals surface area contributed by atoms with Gasteiger partial charge in [0.2, 0.25) is 0 Å². The second kappa shape index (κ2) is 7.82. The summed E-state index contributed by atoms with van der Waals surface area (Å²) in [5.41, 5.74) is 0.338. The number of rotatable bonds is 6. The Bertz CT molecular complexity index is 546. The van der Waals surface area contributed by atoms with Gasteiger partial charge in [-0.05, 0) is 31.2 Å². The largest absolute Gasteiger partial charge is 0.573 e. The van der Waals surface area contributed by atoms with E-state index in [1.807, 2.05) is 0 Å². The van der Waals surface area contributed by atoms with Gasteiger partial charge in [0, 0.05) is 12.7 Å². The van der Waals surface area contributed by atoms with Crippen LogP contribution >= 0.6 is 0 Å². The minimum atomic E-state index is -4.76. The van der Waals surface area contributed by atoms with Gasteiger partial charge in [0.15, 0.2) is 12.6 Å². The molecule has 0 aromatic heterocycles. The van der Waals surface area contributed by atoms with E-state index in [1.54, 1.807) is 14.0 Å². The lowest BCUT2D eigenvalue weighted by Gasteiger charge is -2.19. The first-order chi connectivity index (χ1) is 10.6. The molecule has 0 aliphatic heterocycles. The van der Waals surface area contributed by atoms with Gasteiger partial charge in [0.1, 0.15) is 5.75 Å². The number of alkyl halides is 3. The number of ether oxygens (including phenoxy) is 1. The molecule has 0 fully saturated rings. The average molecular weight is 334 g/mol. The Labute approximate surface area is 131 Å². The second-order valence-corrected chi connectivity index (χ2v) is 4.98. The lowest BCUT2D eigenvalue weighted by Crippen LogP contribution is -3.15. The molecule has 3 N–H and O–H groups in total. The maximum absolute atomic E-state index is 12.0. The topological polar surface area (TPSA) is 71.9 Å². The summed E-state index contributed by atoms with van der Waals surface area (Å²) in [5, 5.41) is 5.04. The van der Waals surface area contributed by atoms with Crippen molar-refractivity contribution in [2.24, 2.45) is 0 Å². The number of amides is 2. The quantitative estimate of drug-likeness (QED) is 0.695. The van der Waals surface area contributed by atoms with E-state index in [4.69, 9.17) is 0 Å². The fourth-order valence-electron chi connectivity index (χ4n) is 1.79. The third-order valence-electron chi connectivity index (χ3n) is 3.19. The van der Waals surface area contributed by atoms with Crippen LogP contribution in [0, 0.1) is 0 Å². The first-order valence-corrected chi connectivity index (χ1v) is 6.82. The highest BCUT2D eigenvalue weighted by Crippen LogP contribution is 2.23. The van der Waals surface area contributed by atoms with E-state index in [-0.39, 0.29) is 24.1 Å². The number of hydrogen-bond donors (Lipinski definition) is 3. The number of carbonyl (C=O) groups excluding carboxylic acids is 2. The Morgan fingerprint density at radius 1 is 1.26 bits per heavy atom. The number of nitrogens with one attached hydrogen (secondary N) is 3. The summed E-state index contributed by atoms with van der Waals surface area (Å²) >= 11 is 0. The van der Waals surface area contributed by atoms with Gasteiger partial charge in [0.05, 0.1) is 7.05 Å². The number of likely N-dealkylation sites (N-methyl/N-ethyl adjacent to an activating group) is 2. The molecular weight excluding hydrogens is 315 g/mol. The Kier molecular flexibility index (Phi) is 6.38. The molecule has 0 spiro atoms. The number of quaternary nitrogens is 1. The van der Waals surface area contributed by atoms with E-state index in [9.17, 15) is 22.8 Å². The lowest BCUT2D eigenvalue weighted by atomic mass is 10.2. The standard InChI is InChI=1S/C14H18F3N3O3/c1-9(13(22)18-2)20(3)8-12(21)19-10-4-6-11(7-5-10)23-14(15,16)17/h4-7,9H,8H2,1-3H3,(H,18,22)(H,19,21)/p+1/t9-/m1/s1. The molecule has 0 radical (unpaired) electrons. The van der Waals surface area contributed by atoms with Gasteiger partial charge in [-0.2, -0.15) is 0 Å². The molecule has 0 heterocycles. The van der Waals surface area contributed by atoms with Gasteiger partial charge in [-0.3, -0.25) is 9.59 Å². The minimum absolute atomic E-state index is 0.0371. The lowest BCUT2D eigenvalue weighted by molar-refractivity contribution is -0.885. The Morgan fingerprint density at radius 3 is 2.30 bits per heavy atom. The fraction of sp³-hybridized carbons (Fsp3) is 0.429. The Morgan fingerprint density at radius 2 is 1.83 bits per heavy atom. The van der Waals surface area contributed by atoms with Crippen LogP contribution in [0.3, 0.4) is 0 Å². The summed E-state index contributed by atoms with van der Waals surface area (Å²) in [6, 6.07) is 4.40. The molecule has 0 aliphatic carbocycles. The van der Waals surface area contributed by atoms with Crippen molar-refractivity contribution >= 4 is 17.5 Å². The van der Waals surface area contributed by atoms with Gasteiger partial charge in [-0.1, -0.05) is 0 Å². The van der Waals surface area contributed by atoms with Gasteiger partial charge in [0.25, 0.3) is 11.8 Å². The Hall–Kier alpha value is -2.29. The maximum Gasteiger partial charge on any atom is 0.573 e. The molecule has 2 atom stereocenters. The smallest absolute Gasteiger partial charge is 0.406 e. The highest BCUT2D eigenvalue weighted by atomic mass is 19.4. The summed E-state index contributed by atoms with van der Waals surface area (Å²) < 4.78 is 39.8. The van der Waals surface area contributed by atoms with E-state index in [1.165, 1.54) is 19.2 Å². The average Bonchev–Trinajstić information content (AvgIpc) is 2.46. The van der Waals surface area contributed by atoms with Crippen molar-refractivity contribution in [2.45, 2.75) is 19.3 Å². The van der Waals surface area contributed by atoms with Crippen LogP contribution in [0.25, 0.3) is 0 Å². The molecule has 0 bridgehead atoms. The zero-order chi connectivity index (χ0) is 17.6. The summed E-state index contributed by atoms with van der Waals surface area (Å²) in [5.74, 6) is -0.918. The minimum Gasteiger partial charge on any atom is -0.406 e. The van der Waals surface area contributed by atoms with Crippen LogP contribution in [-0.2, 0) is 9.59 Å². The summed E-state index contributed by atoms with van der Waals surface area (Å²) in [4.78, 5) is 24.0. The van der Waals surface area contributed by atoms with E-state index >= 15 is 0 Å². The first kappa shape index (κ1) is 18.8. The van der Waals surface area contributed by atoms with Crippen LogP contribution < -0.4 is 20.3 Å². The maximum atomic E-state index is 12.0. The predicted molar refractivity (Wildman–Crippen MR) is 77.0 cm³/mol. The molecule has 0 saturated heterocycles. The monoisotopic (exact) mass is 334 g/mol. The van der Waals surface area contributed by atoms with Crippen molar-refractivity contribution in [3.8, 4) is 5.75 Å². The number of carbonyl (C=O) groups is 2. The van der Waals surface area contributed by atoms with Gasteiger partial charge >= 0.3 is 6.36 Å². The van der Waals surface area contributed by atoms with Crippen LogP contribution in [-0.4, -0.2) is 44.9 Å². The number of anilines is 1. The third-order valence-corrected chi connectivity index (χ3v) is 3.19. The van der Waals surface area contributed by atoms with Gasteiger partial charge in [-0.25, -0.2) is 0 Å². The van der Waals surface area contributed by atoms with Crippen molar-refractivity contribution in [3.05, 3.63) is 24.3 Å². The Balaban J connectivity index is 2.56. The highest BCUT2D eigenvalue weighted by Gasteiger charge is 2.31. The second-order valence-electron chi connectivity index (χ2n) is 4.98. The van der Waals surface area contributed by atoms with E-state index < -0.39 is 12.4 Å². The van der Waals surface area contributed by atoms with Crippen molar-refractivity contribution in [2.75, 3.05) is 26.0 Å².